The van der Waals surface area contributed by atoms with Gasteiger partial charge in [0.25, 0.3) is 0 Å². The molecule has 17 heavy (non-hydrogen) atoms. The molecule has 1 unspecified atom stereocenters. The highest BCUT2D eigenvalue weighted by Gasteiger charge is 2.31. The maximum atomic E-state index is 4.67. The molecule has 1 saturated heterocycles. The quantitative estimate of drug-likeness (QED) is 0.743. The van der Waals surface area contributed by atoms with Crippen molar-refractivity contribution in [1.29, 1.82) is 0 Å². The normalized spacial score (nSPS) is 22.2. The largest absolute Gasteiger partial charge is 0.376 e. The van der Waals surface area contributed by atoms with Gasteiger partial charge < -0.3 is 4.90 Å². The van der Waals surface area contributed by atoms with Crippen molar-refractivity contribution in [3.8, 4) is 0 Å². The van der Waals surface area contributed by atoms with E-state index in [1.54, 1.807) is 6.20 Å². The van der Waals surface area contributed by atoms with E-state index in [-0.39, 0.29) is 0 Å². The molecule has 2 bridgehead atoms. The first-order chi connectivity index (χ1) is 8.40. The summed E-state index contributed by atoms with van der Waals surface area (Å²) >= 11 is 0. The van der Waals surface area contributed by atoms with Crippen LogP contribution in [0, 0.1) is 5.92 Å². The molecule has 0 saturated carbocycles. The molecule has 0 aromatic carbocycles. The lowest BCUT2D eigenvalue weighted by Crippen LogP contribution is -2.08. The summed E-state index contributed by atoms with van der Waals surface area (Å²) in [5, 5.41) is 1.11. The minimum atomic E-state index is 0.684. The van der Waals surface area contributed by atoms with Gasteiger partial charge in [-0.15, -0.1) is 0 Å². The van der Waals surface area contributed by atoms with Crippen molar-refractivity contribution in [2.45, 2.75) is 6.42 Å². The first-order valence-corrected chi connectivity index (χ1v) is 6.08. The lowest BCUT2D eigenvalue weighted by molar-refractivity contribution is 0.479. The Morgan fingerprint density at radius 3 is 3.06 bits per heavy atom. The van der Waals surface area contributed by atoms with E-state index in [1.165, 1.54) is 25.1 Å². The molecule has 4 heterocycles. The van der Waals surface area contributed by atoms with Crippen molar-refractivity contribution >= 4 is 16.6 Å². The zero-order chi connectivity index (χ0) is 11.2. The molecule has 4 rings (SSSR count). The molecule has 1 fully saturated rings. The van der Waals surface area contributed by atoms with E-state index >= 15 is 0 Å². The Kier molecular flexibility index (Phi) is 1.78. The summed E-state index contributed by atoms with van der Waals surface area (Å²) in [4.78, 5) is 11.4. The van der Waals surface area contributed by atoms with Crippen LogP contribution in [0.4, 0.5) is 0 Å². The Morgan fingerprint density at radius 1 is 1.24 bits per heavy atom. The number of nitrogens with zero attached hydrogens (tertiary/aromatic N) is 3. The first kappa shape index (κ1) is 9.16. The van der Waals surface area contributed by atoms with Crippen LogP contribution in [0.3, 0.4) is 0 Å². The summed E-state index contributed by atoms with van der Waals surface area (Å²) in [7, 11) is 0. The zero-order valence-electron chi connectivity index (χ0n) is 9.50. The topological polar surface area (TPSA) is 29.0 Å². The summed E-state index contributed by atoms with van der Waals surface area (Å²) in [6.07, 6.45) is 5.34. The molecule has 2 aliphatic heterocycles. The van der Waals surface area contributed by atoms with Gasteiger partial charge >= 0.3 is 0 Å². The van der Waals surface area contributed by atoms with Crippen LogP contribution in [0.5, 0.6) is 0 Å². The Hall–Kier alpha value is -1.90. The Labute approximate surface area is 99.8 Å². The van der Waals surface area contributed by atoms with Crippen LogP contribution in [0.1, 0.15) is 12.1 Å². The summed E-state index contributed by atoms with van der Waals surface area (Å²) in [6, 6.07) is 8.24. The predicted octanol–water partition coefficient (Wildman–Crippen LogP) is 2.31. The van der Waals surface area contributed by atoms with Crippen LogP contribution >= 0.6 is 0 Å². The number of aromatic nitrogens is 2. The van der Waals surface area contributed by atoms with Crippen molar-refractivity contribution in [2.75, 3.05) is 13.1 Å². The maximum Gasteiger partial charge on any atom is 0.159 e. The van der Waals surface area contributed by atoms with Crippen LogP contribution in [0.15, 0.2) is 36.7 Å². The van der Waals surface area contributed by atoms with Gasteiger partial charge in [0.15, 0.2) is 5.65 Å². The third-order valence-corrected chi connectivity index (χ3v) is 3.74. The average Bonchev–Trinajstić information content (AvgIpc) is 3.00. The van der Waals surface area contributed by atoms with Gasteiger partial charge in [-0.1, -0.05) is 0 Å². The second-order valence-electron chi connectivity index (χ2n) is 4.81. The van der Waals surface area contributed by atoms with E-state index < -0.39 is 0 Å². The number of hydrogen-bond donors (Lipinski definition) is 0. The standard InChI is InChI=1S/C14H13N3/c1-2-10-3-4-13(16-14(10)15-6-1)12-9-17-7-5-11(12)8-17/h1-4,6,9,11H,5,7-8H2. The molecule has 0 aliphatic carbocycles. The van der Waals surface area contributed by atoms with Crippen LogP contribution in [-0.4, -0.2) is 28.0 Å². The lowest BCUT2D eigenvalue weighted by Gasteiger charge is -2.12. The number of fused-ring (bicyclic) bond motifs is 3. The molecule has 3 heteroatoms. The average molecular weight is 223 g/mol. The SMILES string of the molecule is C1=C(c2ccc3cccnc3n2)C2CCN1C2. The second kappa shape index (κ2) is 3.29. The van der Waals surface area contributed by atoms with E-state index in [1.807, 2.05) is 6.07 Å². The van der Waals surface area contributed by atoms with Crippen LogP contribution in [0.2, 0.25) is 0 Å². The molecule has 2 aromatic heterocycles. The third kappa shape index (κ3) is 1.35. The Bertz CT molecular complexity index is 618. The summed E-state index contributed by atoms with van der Waals surface area (Å²) in [5.41, 5.74) is 3.34. The Morgan fingerprint density at radius 2 is 2.24 bits per heavy atom. The van der Waals surface area contributed by atoms with Crippen LogP contribution < -0.4 is 0 Å². The van der Waals surface area contributed by atoms with Gasteiger partial charge in [0, 0.05) is 36.8 Å². The number of pyridine rings is 2. The van der Waals surface area contributed by atoms with Crippen molar-refractivity contribution in [1.82, 2.24) is 14.9 Å². The van der Waals surface area contributed by atoms with E-state index in [9.17, 15) is 0 Å². The van der Waals surface area contributed by atoms with Crippen molar-refractivity contribution < 1.29 is 0 Å². The highest BCUT2D eigenvalue weighted by molar-refractivity contribution is 5.78. The highest BCUT2D eigenvalue weighted by atomic mass is 15.2. The summed E-state index contributed by atoms with van der Waals surface area (Å²) < 4.78 is 0. The summed E-state index contributed by atoms with van der Waals surface area (Å²) in [5.74, 6) is 0.684. The minimum absolute atomic E-state index is 0.684. The smallest absolute Gasteiger partial charge is 0.159 e. The molecular formula is C14H13N3. The molecular weight excluding hydrogens is 210 g/mol. The number of rotatable bonds is 1. The van der Waals surface area contributed by atoms with Gasteiger partial charge in [-0.2, -0.15) is 0 Å². The Balaban J connectivity index is 1.84. The summed E-state index contributed by atoms with van der Waals surface area (Å²) in [6.45, 7) is 2.39. The second-order valence-corrected chi connectivity index (χ2v) is 4.81. The molecule has 2 aromatic rings. The molecule has 0 spiro atoms. The minimum Gasteiger partial charge on any atom is -0.376 e. The van der Waals surface area contributed by atoms with Crippen molar-refractivity contribution in [3.63, 3.8) is 0 Å². The fraction of sp³-hybridized carbons (Fsp3) is 0.286. The van der Waals surface area contributed by atoms with Crippen molar-refractivity contribution in [3.05, 3.63) is 42.4 Å². The van der Waals surface area contributed by atoms with E-state index in [0.29, 0.717) is 5.92 Å². The van der Waals surface area contributed by atoms with Gasteiger partial charge in [0.05, 0.1) is 5.69 Å². The van der Waals surface area contributed by atoms with Gasteiger partial charge in [0.1, 0.15) is 0 Å². The third-order valence-electron chi connectivity index (χ3n) is 3.74. The van der Waals surface area contributed by atoms with Crippen LogP contribution in [0.25, 0.3) is 16.6 Å². The van der Waals surface area contributed by atoms with E-state index in [4.69, 9.17) is 0 Å². The molecule has 2 aliphatic rings. The van der Waals surface area contributed by atoms with Gasteiger partial charge in [-0.3, -0.25) is 0 Å². The van der Waals surface area contributed by atoms with Crippen LogP contribution in [-0.2, 0) is 0 Å². The lowest BCUT2D eigenvalue weighted by atomic mass is 9.96. The molecule has 1 atom stereocenters. The van der Waals surface area contributed by atoms with Crippen molar-refractivity contribution in [2.24, 2.45) is 5.92 Å². The van der Waals surface area contributed by atoms with Gasteiger partial charge in [-0.25, -0.2) is 9.97 Å². The van der Waals surface area contributed by atoms with Gasteiger partial charge in [-0.05, 0) is 36.3 Å². The number of hydrogen-bond acceptors (Lipinski definition) is 3. The fourth-order valence-electron chi connectivity index (χ4n) is 2.85. The highest BCUT2D eigenvalue weighted by Crippen LogP contribution is 2.37. The molecule has 0 radical (unpaired) electrons. The molecule has 84 valence electrons. The molecule has 3 nitrogen and oxygen atoms in total. The van der Waals surface area contributed by atoms with E-state index in [0.717, 1.165) is 16.7 Å². The molecule has 0 amide bonds. The molecule has 0 N–H and O–H groups in total. The predicted molar refractivity (Wildman–Crippen MR) is 67.2 cm³/mol. The fourth-order valence-corrected chi connectivity index (χ4v) is 2.85. The zero-order valence-corrected chi connectivity index (χ0v) is 9.50. The monoisotopic (exact) mass is 223 g/mol. The maximum absolute atomic E-state index is 4.67. The van der Waals surface area contributed by atoms with E-state index in [2.05, 4.69) is 39.3 Å². The first-order valence-electron chi connectivity index (χ1n) is 6.08. The van der Waals surface area contributed by atoms with Gasteiger partial charge in [0.2, 0.25) is 0 Å².